The molecule has 114 valence electrons. The van der Waals surface area contributed by atoms with Gasteiger partial charge in [0.2, 0.25) is 0 Å². The van der Waals surface area contributed by atoms with E-state index in [-0.39, 0.29) is 5.92 Å². The highest BCUT2D eigenvalue weighted by Crippen LogP contribution is 2.55. The van der Waals surface area contributed by atoms with Crippen molar-refractivity contribution in [3.8, 4) is 0 Å². The van der Waals surface area contributed by atoms with Crippen LogP contribution in [0, 0.1) is 5.41 Å². The first-order valence-electron chi connectivity index (χ1n) is 8.87. The van der Waals surface area contributed by atoms with Crippen molar-refractivity contribution in [2.24, 2.45) is 5.41 Å². The van der Waals surface area contributed by atoms with Crippen LogP contribution in [0.15, 0.2) is 18.3 Å². The van der Waals surface area contributed by atoms with Gasteiger partial charge < -0.3 is 5.11 Å². The lowest BCUT2D eigenvalue weighted by Gasteiger charge is -2.47. The van der Waals surface area contributed by atoms with Gasteiger partial charge in [-0.15, -0.1) is 0 Å². The summed E-state index contributed by atoms with van der Waals surface area (Å²) in [5.74, 6) is 0.279. The molecule has 1 heterocycles. The first-order chi connectivity index (χ1) is 10.2. The highest BCUT2D eigenvalue weighted by molar-refractivity contribution is 5.29. The Labute approximate surface area is 128 Å². The highest BCUT2D eigenvalue weighted by atomic mass is 16.3. The van der Waals surface area contributed by atoms with E-state index in [1.54, 1.807) is 0 Å². The summed E-state index contributed by atoms with van der Waals surface area (Å²) >= 11 is 0. The minimum atomic E-state index is -0.489. The smallest absolute Gasteiger partial charge is 0.0731 e. The van der Waals surface area contributed by atoms with Crippen LogP contribution in [0.3, 0.4) is 0 Å². The number of aryl methyl sites for hydroxylation is 1. The maximum Gasteiger partial charge on any atom is 0.0731 e. The van der Waals surface area contributed by atoms with E-state index in [0.29, 0.717) is 5.41 Å². The fraction of sp³-hybridized carbons (Fsp3) is 0.737. The first kappa shape index (κ1) is 13.8. The normalized spacial score (nSPS) is 30.2. The Bertz CT molecular complexity index is 508. The molecule has 3 aliphatic carbocycles. The van der Waals surface area contributed by atoms with Gasteiger partial charge in [0, 0.05) is 17.8 Å². The molecule has 1 aromatic heterocycles. The predicted molar refractivity (Wildman–Crippen MR) is 84.2 cm³/mol. The monoisotopic (exact) mass is 285 g/mol. The lowest BCUT2D eigenvalue weighted by atomic mass is 9.62. The van der Waals surface area contributed by atoms with Crippen LogP contribution < -0.4 is 0 Å². The minimum Gasteiger partial charge on any atom is -0.389 e. The summed E-state index contributed by atoms with van der Waals surface area (Å²) in [5, 5.41) is 11.3. The van der Waals surface area contributed by atoms with Crippen molar-refractivity contribution in [3.63, 3.8) is 0 Å². The van der Waals surface area contributed by atoms with Crippen molar-refractivity contribution in [2.45, 2.75) is 82.1 Å². The third-order valence-electron chi connectivity index (χ3n) is 6.68. The average Bonchev–Trinajstić information content (AvgIpc) is 2.99. The van der Waals surface area contributed by atoms with Gasteiger partial charge in [0.05, 0.1) is 5.60 Å². The fourth-order valence-electron chi connectivity index (χ4n) is 5.32. The summed E-state index contributed by atoms with van der Waals surface area (Å²) in [6.07, 6.45) is 15.5. The molecule has 0 aliphatic heterocycles. The first-order valence-corrected chi connectivity index (χ1v) is 8.87. The highest BCUT2D eigenvalue weighted by Gasteiger charge is 2.48. The SMILES string of the molecule is OC1(C2CCCc3cccnc32)CCC2(CCCC2)CC1. The molecule has 0 aromatic carbocycles. The molecule has 0 radical (unpaired) electrons. The number of nitrogens with zero attached hydrogens (tertiary/aromatic N) is 1. The molecule has 2 nitrogen and oxygen atoms in total. The molecule has 0 saturated heterocycles. The number of pyridine rings is 1. The largest absolute Gasteiger partial charge is 0.389 e. The standard InChI is InChI=1S/C19H27NO/c21-19(12-10-18(11-13-19)8-1-2-9-18)16-7-3-5-15-6-4-14-20-17(15)16/h4,6,14,16,21H,1-3,5,7-13H2. The van der Waals surface area contributed by atoms with E-state index in [2.05, 4.69) is 11.1 Å². The lowest BCUT2D eigenvalue weighted by molar-refractivity contribution is -0.0580. The molecule has 2 fully saturated rings. The fourth-order valence-corrected chi connectivity index (χ4v) is 5.32. The molecule has 21 heavy (non-hydrogen) atoms. The molecule has 0 bridgehead atoms. The van der Waals surface area contributed by atoms with Crippen molar-refractivity contribution in [1.82, 2.24) is 4.98 Å². The quantitative estimate of drug-likeness (QED) is 0.831. The van der Waals surface area contributed by atoms with Gasteiger partial charge in [0.25, 0.3) is 0 Å². The molecular formula is C19H27NO. The van der Waals surface area contributed by atoms with E-state index in [9.17, 15) is 5.11 Å². The van der Waals surface area contributed by atoms with E-state index >= 15 is 0 Å². The molecule has 1 atom stereocenters. The Morgan fingerprint density at radius 2 is 1.76 bits per heavy atom. The third-order valence-corrected chi connectivity index (χ3v) is 6.68. The summed E-state index contributed by atoms with van der Waals surface area (Å²) in [7, 11) is 0. The van der Waals surface area contributed by atoms with E-state index in [4.69, 9.17) is 0 Å². The van der Waals surface area contributed by atoms with E-state index in [1.807, 2.05) is 12.3 Å². The number of hydrogen-bond donors (Lipinski definition) is 1. The molecule has 2 saturated carbocycles. The Balaban J connectivity index is 1.57. The Kier molecular flexibility index (Phi) is 3.33. The summed E-state index contributed by atoms with van der Waals surface area (Å²) in [6, 6.07) is 4.25. The van der Waals surface area contributed by atoms with E-state index in [1.165, 1.54) is 56.2 Å². The predicted octanol–water partition coefficient (Wildman–Crippen LogP) is 4.37. The van der Waals surface area contributed by atoms with Crippen molar-refractivity contribution >= 4 is 0 Å². The number of aromatic nitrogens is 1. The molecule has 3 aliphatic rings. The van der Waals surface area contributed by atoms with Crippen LogP contribution in [0.4, 0.5) is 0 Å². The maximum atomic E-state index is 11.3. The van der Waals surface area contributed by atoms with Gasteiger partial charge in [0.15, 0.2) is 0 Å². The van der Waals surface area contributed by atoms with Gasteiger partial charge in [-0.1, -0.05) is 18.9 Å². The van der Waals surface area contributed by atoms with Crippen LogP contribution in [0.1, 0.15) is 81.4 Å². The zero-order valence-corrected chi connectivity index (χ0v) is 13.0. The van der Waals surface area contributed by atoms with E-state index in [0.717, 1.165) is 25.7 Å². The van der Waals surface area contributed by atoms with Gasteiger partial charge in [-0.3, -0.25) is 4.98 Å². The van der Waals surface area contributed by atoms with Crippen LogP contribution >= 0.6 is 0 Å². The molecule has 1 unspecified atom stereocenters. The van der Waals surface area contributed by atoms with Gasteiger partial charge in [-0.25, -0.2) is 0 Å². The molecule has 2 heteroatoms. The number of rotatable bonds is 1. The lowest BCUT2D eigenvalue weighted by Crippen LogP contribution is -2.44. The number of hydrogen-bond acceptors (Lipinski definition) is 2. The van der Waals surface area contributed by atoms with Crippen molar-refractivity contribution in [3.05, 3.63) is 29.6 Å². The second-order valence-corrected chi connectivity index (χ2v) is 7.80. The zero-order valence-electron chi connectivity index (χ0n) is 13.0. The molecule has 0 amide bonds. The van der Waals surface area contributed by atoms with Gasteiger partial charge in [0.1, 0.15) is 0 Å². The third kappa shape index (κ3) is 2.32. The molecule has 1 N–H and O–H groups in total. The molecular weight excluding hydrogens is 258 g/mol. The molecule has 1 aromatic rings. The van der Waals surface area contributed by atoms with Crippen LogP contribution in [0.5, 0.6) is 0 Å². The minimum absolute atomic E-state index is 0.279. The number of aliphatic hydroxyl groups is 1. The van der Waals surface area contributed by atoms with Crippen molar-refractivity contribution in [1.29, 1.82) is 0 Å². The van der Waals surface area contributed by atoms with Crippen LogP contribution in [-0.2, 0) is 6.42 Å². The van der Waals surface area contributed by atoms with Crippen LogP contribution in [-0.4, -0.2) is 15.7 Å². The summed E-state index contributed by atoms with van der Waals surface area (Å²) in [4.78, 5) is 4.65. The second kappa shape index (κ2) is 5.08. The van der Waals surface area contributed by atoms with Gasteiger partial charge >= 0.3 is 0 Å². The van der Waals surface area contributed by atoms with Crippen LogP contribution in [0.25, 0.3) is 0 Å². The van der Waals surface area contributed by atoms with Gasteiger partial charge in [-0.2, -0.15) is 0 Å². The van der Waals surface area contributed by atoms with Gasteiger partial charge in [-0.05, 0) is 74.8 Å². The zero-order chi connectivity index (χ0) is 14.3. The Morgan fingerprint density at radius 1 is 1.00 bits per heavy atom. The molecule has 1 spiro atoms. The Hall–Kier alpha value is -0.890. The average molecular weight is 285 g/mol. The Morgan fingerprint density at radius 3 is 2.52 bits per heavy atom. The van der Waals surface area contributed by atoms with Crippen LogP contribution in [0.2, 0.25) is 0 Å². The number of fused-ring (bicyclic) bond motifs is 1. The molecule has 4 rings (SSSR count). The summed E-state index contributed by atoms with van der Waals surface area (Å²) in [6.45, 7) is 0. The maximum absolute atomic E-state index is 11.3. The summed E-state index contributed by atoms with van der Waals surface area (Å²) < 4.78 is 0. The topological polar surface area (TPSA) is 33.1 Å². The summed E-state index contributed by atoms with van der Waals surface area (Å²) in [5.41, 5.74) is 2.68. The van der Waals surface area contributed by atoms with Crippen molar-refractivity contribution in [2.75, 3.05) is 0 Å². The van der Waals surface area contributed by atoms with E-state index < -0.39 is 5.60 Å². The second-order valence-electron chi connectivity index (χ2n) is 7.80. The van der Waals surface area contributed by atoms with Crippen molar-refractivity contribution < 1.29 is 5.11 Å².